The average molecular weight is 406 g/mol. The van der Waals surface area contributed by atoms with E-state index in [0.29, 0.717) is 5.69 Å². The summed E-state index contributed by atoms with van der Waals surface area (Å²) in [6.45, 7) is -0.0714. The summed E-state index contributed by atoms with van der Waals surface area (Å²) in [4.78, 5) is 22.7. The molecule has 9 nitrogen and oxygen atoms in total. The first-order valence-electron chi connectivity index (χ1n) is 7.73. The van der Waals surface area contributed by atoms with E-state index in [1.165, 1.54) is 40.3 Å². The predicted molar refractivity (Wildman–Crippen MR) is 100 cm³/mol. The second kappa shape index (κ2) is 7.78. The van der Waals surface area contributed by atoms with Crippen LogP contribution in [0.3, 0.4) is 0 Å². The van der Waals surface area contributed by atoms with Crippen molar-refractivity contribution in [2.75, 3.05) is 6.54 Å². The largest absolute Gasteiger partial charge is 0.270 e. The minimum Gasteiger partial charge on any atom is -0.268 e. The Morgan fingerprint density at radius 2 is 2.00 bits per heavy atom. The number of nitrogens with one attached hydrogen (secondary N) is 1. The van der Waals surface area contributed by atoms with Crippen LogP contribution in [0.25, 0.3) is 10.6 Å². The Kier molecular flexibility index (Phi) is 5.44. The molecule has 3 aromatic rings. The van der Waals surface area contributed by atoms with E-state index in [-0.39, 0.29) is 29.2 Å². The molecule has 1 aromatic carbocycles. The maximum atomic E-state index is 12.3. The third-order valence-corrected chi connectivity index (χ3v) is 5.95. The lowest BCUT2D eigenvalue weighted by Crippen LogP contribution is -2.32. The number of aromatic nitrogens is 2. The van der Waals surface area contributed by atoms with Crippen LogP contribution in [0.1, 0.15) is 0 Å². The summed E-state index contributed by atoms with van der Waals surface area (Å²) in [7, 11) is -3.95. The fraction of sp³-hybridized carbons (Fsp3) is 0.125. The molecule has 3 rings (SSSR count). The molecule has 0 amide bonds. The highest BCUT2D eigenvalue weighted by molar-refractivity contribution is 7.89. The summed E-state index contributed by atoms with van der Waals surface area (Å²) in [6.07, 6.45) is 0. The van der Waals surface area contributed by atoms with Gasteiger partial charge in [0.1, 0.15) is 5.69 Å². The maximum Gasteiger partial charge on any atom is 0.270 e. The molecule has 0 spiro atoms. The molecule has 0 radical (unpaired) electrons. The summed E-state index contributed by atoms with van der Waals surface area (Å²) in [5.74, 6) is 0. The first-order chi connectivity index (χ1) is 12.9. The van der Waals surface area contributed by atoms with Crippen LogP contribution in [0.5, 0.6) is 0 Å². The smallest absolute Gasteiger partial charge is 0.268 e. The van der Waals surface area contributed by atoms with Crippen molar-refractivity contribution in [3.63, 3.8) is 0 Å². The van der Waals surface area contributed by atoms with Gasteiger partial charge in [-0.2, -0.15) is 5.10 Å². The van der Waals surface area contributed by atoms with E-state index in [0.717, 1.165) is 10.9 Å². The molecular formula is C16H14N4O5S2. The van der Waals surface area contributed by atoms with Crippen LogP contribution in [-0.4, -0.2) is 29.7 Å². The molecule has 0 aliphatic carbocycles. The highest BCUT2D eigenvalue weighted by Gasteiger charge is 2.17. The number of rotatable bonds is 7. The molecular weight excluding hydrogens is 392 g/mol. The standard InChI is InChI=1S/C16H14N4O5S2/c21-16-7-6-14(15-5-2-10-26-15)18-19(16)9-8-17-27(24,25)13-4-1-3-12(11-13)20(22)23/h1-7,10-11,17H,8-9H2. The number of non-ortho nitro benzene ring substituents is 1. The third kappa shape index (κ3) is 4.45. The maximum absolute atomic E-state index is 12.3. The Bertz CT molecular complexity index is 1120. The molecule has 27 heavy (non-hydrogen) atoms. The molecule has 2 aromatic heterocycles. The van der Waals surface area contributed by atoms with E-state index in [9.17, 15) is 23.3 Å². The van der Waals surface area contributed by atoms with Crippen LogP contribution in [-0.2, 0) is 16.6 Å². The quantitative estimate of drug-likeness (QED) is 0.472. The summed E-state index contributed by atoms with van der Waals surface area (Å²) in [5.41, 5.74) is -0.0598. The Labute approximate surface area is 158 Å². The molecule has 2 heterocycles. The Hall–Kier alpha value is -2.89. The molecule has 0 saturated heterocycles. The van der Waals surface area contributed by atoms with Gasteiger partial charge < -0.3 is 0 Å². The second-order valence-corrected chi connectivity index (χ2v) is 8.12. The number of hydrogen-bond donors (Lipinski definition) is 1. The van der Waals surface area contributed by atoms with Crippen LogP contribution in [0.15, 0.2) is 63.6 Å². The van der Waals surface area contributed by atoms with E-state index < -0.39 is 14.9 Å². The van der Waals surface area contributed by atoms with Crippen LogP contribution >= 0.6 is 11.3 Å². The van der Waals surface area contributed by atoms with Crippen molar-refractivity contribution in [2.45, 2.75) is 11.4 Å². The summed E-state index contributed by atoms with van der Waals surface area (Å²) in [6, 6.07) is 11.5. The van der Waals surface area contributed by atoms with Gasteiger partial charge in [-0.05, 0) is 23.6 Å². The number of thiophene rings is 1. The van der Waals surface area contributed by atoms with E-state index >= 15 is 0 Å². The van der Waals surface area contributed by atoms with Gasteiger partial charge in [-0.1, -0.05) is 12.1 Å². The van der Waals surface area contributed by atoms with Crippen molar-refractivity contribution in [2.24, 2.45) is 0 Å². The van der Waals surface area contributed by atoms with Crippen molar-refractivity contribution in [1.29, 1.82) is 0 Å². The van der Waals surface area contributed by atoms with E-state index in [2.05, 4.69) is 9.82 Å². The van der Waals surface area contributed by atoms with E-state index in [1.54, 1.807) is 6.07 Å². The number of sulfonamides is 1. The van der Waals surface area contributed by atoms with Gasteiger partial charge in [0, 0.05) is 24.7 Å². The summed E-state index contributed by atoms with van der Waals surface area (Å²) in [5, 5.41) is 16.9. The normalized spacial score (nSPS) is 11.4. The number of hydrogen-bond acceptors (Lipinski definition) is 7. The van der Waals surface area contributed by atoms with Crippen LogP contribution in [0.2, 0.25) is 0 Å². The van der Waals surface area contributed by atoms with Crippen LogP contribution < -0.4 is 10.3 Å². The zero-order valence-corrected chi connectivity index (χ0v) is 15.4. The van der Waals surface area contributed by atoms with Gasteiger partial charge in [0.15, 0.2) is 0 Å². The van der Waals surface area contributed by atoms with Gasteiger partial charge in [-0.3, -0.25) is 14.9 Å². The number of nitrogens with zero attached hydrogens (tertiary/aromatic N) is 3. The van der Waals surface area contributed by atoms with Gasteiger partial charge >= 0.3 is 0 Å². The van der Waals surface area contributed by atoms with Gasteiger partial charge in [0.2, 0.25) is 10.0 Å². The Morgan fingerprint density at radius 1 is 1.19 bits per heavy atom. The molecule has 0 bridgehead atoms. The second-order valence-electron chi connectivity index (χ2n) is 5.41. The van der Waals surface area contributed by atoms with E-state index in [1.807, 2.05) is 17.5 Å². The predicted octanol–water partition coefficient (Wildman–Crippen LogP) is 1.86. The van der Waals surface area contributed by atoms with Crippen LogP contribution in [0, 0.1) is 10.1 Å². The molecule has 0 unspecified atom stereocenters. The zero-order chi connectivity index (χ0) is 19.4. The highest BCUT2D eigenvalue weighted by atomic mass is 32.2. The minimum atomic E-state index is -3.95. The number of nitro benzene ring substituents is 1. The topological polar surface area (TPSA) is 124 Å². The fourth-order valence-corrected chi connectivity index (χ4v) is 4.05. The number of benzene rings is 1. The molecule has 1 N–H and O–H groups in total. The van der Waals surface area contributed by atoms with Crippen molar-refractivity contribution < 1.29 is 13.3 Å². The minimum absolute atomic E-state index is 0.0200. The fourth-order valence-electron chi connectivity index (χ4n) is 2.30. The molecule has 140 valence electrons. The first-order valence-corrected chi connectivity index (χ1v) is 10.1. The molecule has 11 heteroatoms. The average Bonchev–Trinajstić information content (AvgIpc) is 3.18. The monoisotopic (exact) mass is 406 g/mol. The number of nitro groups is 1. The summed E-state index contributed by atoms with van der Waals surface area (Å²) < 4.78 is 28.1. The van der Waals surface area contributed by atoms with E-state index in [4.69, 9.17) is 0 Å². The molecule has 0 saturated carbocycles. The van der Waals surface area contributed by atoms with Crippen molar-refractivity contribution >= 4 is 27.0 Å². The zero-order valence-electron chi connectivity index (χ0n) is 13.8. The Morgan fingerprint density at radius 3 is 2.70 bits per heavy atom. The molecule has 0 fully saturated rings. The molecule has 0 atom stereocenters. The van der Waals surface area contributed by atoms with Gasteiger partial charge in [0.05, 0.1) is 21.2 Å². The highest BCUT2D eigenvalue weighted by Crippen LogP contribution is 2.21. The van der Waals surface area contributed by atoms with Crippen molar-refractivity contribution in [3.8, 4) is 10.6 Å². The molecule has 0 aliphatic heterocycles. The summed E-state index contributed by atoms with van der Waals surface area (Å²) >= 11 is 1.48. The Balaban J connectivity index is 1.72. The lowest BCUT2D eigenvalue weighted by Gasteiger charge is -2.08. The van der Waals surface area contributed by atoms with Crippen molar-refractivity contribution in [3.05, 3.63) is 74.4 Å². The first kappa shape index (κ1) is 18.9. The van der Waals surface area contributed by atoms with Gasteiger partial charge in [-0.15, -0.1) is 11.3 Å². The lowest BCUT2D eigenvalue weighted by atomic mass is 10.3. The van der Waals surface area contributed by atoms with Gasteiger partial charge in [0.25, 0.3) is 11.2 Å². The van der Waals surface area contributed by atoms with Crippen molar-refractivity contribution in [1.82, 2.24) is 14.5 Å². The van der Waals surface area contributed by atoms with Gasteiger partial charge in [-0.25, -0.2) is 17.8 Å². The lowest BCUT2D eigenvalue weighted by molar-refractivity contribution is -0.385. The van der Waals surface area contributed by atoms with Crippen LogP contribution in [0.4, 0.5) is 5.69 Å². The third-order valence-electron chi connectivity index (χ3n) is 3.59. The SMILES string of the molecule is O=c1ccc(-c2cccs2)nn1CCNS(=O)(=O)c1cccc([N+](=O)[O-])c1. The molecule has 0 aliphatic rings.